The molecular weight excluding hydrogens is 392 g/mol. The van der Waals surface area contributed by atoms with Crippen molar-refractivity contribution in [2.75, 3.05) is 24.9 Å². The molecule has 0 unspecified atom stereocenters. The summed E-state index contributed by atoms with van der Waals surface area (Å²) in [5.41, 5.74) is 4.86. The highest BCUT2D eigenvalue weighted by Gasteiger charge is 2.18. The van der Waals surface area contributed by atoms with Crippen LogP contribution in [0.2, 0.25) is 0 Å². The van der Waals surface area contributed by atoms with Crippen molar-refractivity contribution >= 4 is 17.1 Å². The van der Waals surface area contributed by atoms with Gasteiger partial charge in [0.2, 0.25) is 11.8 Å². The summed E-state index contributed by atoms with van der Waals surface area (Å²) in [7, 11) is 3.18. The van der Waals surface area contributed by atoms with Gasteiger partial charge < -0.3 is 25.5 Å². The first-order valence-corrected chi connectivity index (χ1v) is 10.0. The standard InChI is InChI=1S/C23H28N6O2/c1-14(2)28-21-19(27-13-16-8-6-10-25-22(16)30-4)12-18(29-20(21)15(3)24)17-9-7-11-26-23(17)31-5/h6-12,14,24,28H,13H2,1-5H3,(H,27,29). The van der Waals surface area contributed by atoms with Gasteiger partial charge in [-0.15, -0.1) is 0 Å². The number of nitrogens with one attached hydrogen (secondary N) is 3. The van der Waals surface area contributed by atoms with E-state index in [9.17, 15) is 0 Å². The van der Waals surface area contributed by atoms with Crippen LogP contribution in [0.4, 0.5) is 11.4 Å². The van der Waals surface area contributed by atoms with E-state index in [0.717, 1.165) is 22.5 Å². The Hall–Kier alpha value is -3.68. The van der Waals surface area contributed by atoms with Gasteiger partial charge in [0.05, 0.1) is 42.6 Å². The maximum atomic E-state index is 8.33. The van der Waals surface area contributed by atoms with Crippen LogP contribution in [0.25, 0.3) is 11.3 Å². The number of methoxy groups -OCH3 is 2. The van der Waals surface area contributed by atoms with Crippen LogP contribution in [-0.2, 0) is 6.54 Å². The van der Waals surface area contributed by atoms with E-state index in [-0.39, 0.29) is 6.04 Å². The second-order valence-electron chi connectivity index (χ2n) is 7.29. The van der Waals surface area contributed by atoms with E-state index in [1.54, 1.807) is 33.5 Å². The molecule has 0 aliphatic carbocycles. The average Bonchev–Trinajstić information content (AvgIpc) is 2.77. The highest BCUT2D eigenvalue weighted by molar-refractivity contribution is 6.03. The lowest BCUT2D eigenvalue weighted by atomic mass is 10.1. The van der Waals surface area contributed by atoms with Crippen molar-refractivity contribution in [2.45, 2.75) is 33.4 Å². The first-order chi connectivity index (χ1) is 14.9. The molecule has 31 heavy (non-hydrogen) atoms. The zero-order chi connectivity index (χ0) is 22.4. The third-order valence-electron chi connectivity index (χ3n) is 4.56. The summed E-state index contributed by atoms with van der Waals surface area (Å²) in [6, 6.07) is 9.68. The lowest BCUT2D eigenvalue weighted by Crippen LogP contribution is -2.17. The maximum absolute atomic E-state index is 8.33. The lowest BCUT2D eigenvalue weighted by Gasteiger charge is -2.21. The molecule has 0 spiro atoms. The van der Waals surface area contributed by atoms with Gasteiger partial charge in [0, 0.05) is 30.5 Å². The monoisotopic (exact) mass is 420 g/mol. The fraction of sp³-hybridized carbons (Fsp3) is 0.304. The molecule has 0 atom stereocenters. The number of anilines is 2. The first-order valence-electron chi connectivity index (χ1n) is 10.0. The van der Waals surface area contributed by atoms with Gasteiger partial charge in [-0.1, -0.05) is 6.07 Å². The molecular formula is C23H28N6O2. The van der Waals surface area contributed by atoms with Crippen LogP contribution in [0, 0.1) is 5.41 Å². The maximum Gasteiger partial charge on any atom is 0.222 e. The summed E-state index contributed by atoms with van der Waals surface area (Å²) in [6.07, 6.45) is 3.37. The molecule has 8 heteroatoms. The molecule has 0 bridgehead atoms. The van der Waals surface area contributed by atoms with E-state index in [1.807, 2.05) is 30.3 Å². The summed E-state index contributed by atoms with van der Waals surface area (Å²) in [6.45, 7) is 6.32. The smallest absolute Gasteiger partial charge is 0.222 e. The van der Waals surface area contributed by atoms with Gasteiger partial charge in [-0.2, -0.15) is 0 Å². The van der Waals surface area contributed by atoms with Crippen LogP contribution in [-0.4, -0.2) is 40.9 Å². The van der Waals surface area contributed by atoms with Crippen LogP contribution in [0.5, 0.6) is 11.8 Å². The summed E-state index contributed by atoms with van der Waals surface area (Å²) in [4.78, 5) is 13.3. The molecule has 3 aromatic rings. The molecule has 0 aliphatic heterocycles. The summed E-state index contributed by atoms with van der Waals surface area (Å²) >= 11 is 0. The molecule has 3 heterocycles. The van der Waals surface area contributed by atoms with Crippen LogP contribution < -0.4 is 20.1 Å². The molecule has 0 amide bonds. The van der Waals surface area contributed by atoms with Crippen LogP contribution >= 0.6 is 0 Å². The largest absolute Gasteiger partial charge is 0.481 e. The third-order valence-corrected chi connectivity index (χ3v) is 4.56. The lowest BCUT2D eigenvalue weighted by molar-refractivity contribution is 0.393. The van der Waals surface area contributed by atoms with Crippen molar-refractivity contribution in [3.8, 4) is 23.0 Å². The Kier molecular flexibility index (Phi) is 7.02. The Morgan fingerprint density at radius 1 is 1.06 bits per heavy atom. The predicted molar refractivity (Wildman–Crippen MR) is 123 cm³/mol. The highest BCUT2D eigenvalue weighted by atomic mass is 16.5. The van der Waals surface area contributed by atoms with Gasteiger partial charge in [-0.3, -0.25) is 0 Å². The van der Waals surface area contributed by atoms with Crippen molar-refractivity contribution in [1.82, 2.24) is 15.0 Å². The molecule has 0 aromatic carbocycles. The number of pyridine rings is 3. The topological polar surface area (TPSA) is 105 Å². The Morgan fingerprint density at radius 3 is 2.39 bits per heavy atom. The van der Waals surface area contributed by atoms with Crippen molar-refractivity contribution in [3.63, 3.8) is 0 Å². The normalized spacial score (nSPS) is 10.6. The molecule has 0 fully saturated rings. The molecule has 8 nitrogen and oxygen atoms in total. The van der Waals surface area contributed by atoms with E-state index in [2.05, 4.69) is 34.4 Å². The first kappa shape index (κ1) is 22.0. The molecule has 3 rings (SSSR count). The van der Waals surface area contributed by atoms with Crippen molar-refractivity contribution in [1.29, 1.82) is 5.41 Å². The molecule has 162 valence electrons. The van der Waals surface area contributed by atoms with E-state index < -0.39 is 0 Å². The minimum atomic E-state index is 0.159. The van der Waals surface area contributed by atoms with E-state index in [0.29, 0.717) is 35.4 Å². The Labute approximate surface area is 182 Å². The summed E-state index contributed by atoms with van der Waals surface area (Å²) in [5.74, 6) is 1.05. The predicted octanol–water partition coefficient (Wildman–Crippen LogP) is 4.38. The SMILES string of the molecule is COc1ncccc1CNc1cc(-c2cccnc2OC)nc(C(C)=N)c1NC(C)C. The molecule has 0 saturated carbocycles. The fourth-order valence-corrected chi connectivity index (χ4v) is 3.21. The number of nitrogens with zero attached hydrogens (tertiary/aromatic N) is 3. The van der Waals surface area contributed by atoms with Gasteiger partial charge in [0.25, 0.3) is 0 Å². The molecule has 0 aliphatic rings. The molecule has 0 saturated heterocycles. The van der Waals surface area contributed by atoms with Crippen LogP contribution in [0.15, 0.2) is 42.7 Å². The average molecular weight is 421 g/mol. The number of hydrogen-bond donors (Lipinski definition) is 3. The Balaban J connectivity index is 2.11. The zero-order valence-corrected chi connectivity index (χ0v) is 18.5. The number of ether oxygens (including phenoxy) is 2. The van der Waals surface area contributed by atoms with Gasteiger partial charge in [-0.25, -0.2) is 15.0 Å². The van der Waals surface area contributed by atoms with Crippen molar-refractivity contribution < 1.29 is 9.47 Å². The van der Waals surface area contributed by atoms with Crippen molar-refractivity contribution in [3.05, 3.63) is 54.0 Å². The minimum Gasteiger partial charge on any atom is -0.481 e. The molecule has 3 N–H and O–H groups in total. The van der Waals surface area contributed by atoms with E-state index in [1.165, 1.54) is 0 Å². The second kappa shape index (κ2) is 9.88. The second-order valence-corrected chi connectivity index (χ2v) is 7.29. The summed E-state index contributed by atoms with van der Waals surface area (Å²) in [5, 5.41) is 15.2. The van der Waals surface area contributed by atoms with Crippen LogP contribution in [0.3, 0.4) is 0 Å². The van der Waals surface area contributed by atoms with E-state index in [4.69, 9.17) is 19.9 Å². The van der Waals surface area contributed by atoms with Crippen LogP contribution in [0.1, 0.15) is 32.0 Å². The van der Waals surface area contributed by atoms with Gasteiger partial charge >= 0.3 is 0 Å². The quantitative estimate of drug-likeness (QED) is 0.441. The minimum absolute atomic E-state index is 0.159. The molecule has 3 aromatic heterocycles. The molecule has 0 radical (unpaired) electrons. The van der Waals surface area contributed by atoms with Gasteiger partial charge in [0.1, 0.15) is 5.69 Å². The Morgan fingerprint density at radius 2 is 1.74 bits per heavy atom. The number of hydrogen-bond acceptors (Lipinski definition) is 8. The summed E-state index contributed by atoms with van der Waals surface area (Å²) < 4.78 is 10.8. The van der Waals surface area contributed by atoms with Gasteiger partial charge in [-0.05, 0) is 45.0 Å². The third kappa shape index (κ3) is 5.09. The highest BCUT2D eigenvalue weighted by Crippen LogP contribution is 2.34. The number of rotatable bonds is 9. The van der Waals surface area contributed by atoms with E-state index >= 15 is 0 Å². The van der Waals surface area contributed by atoms with Gasteiger partial charge in [0.15, 0.2) is 0 Å². The fourth-order valence-electron chi connectivity index (χ4n) is 3.21. The number of aromatic nitrogens is 3. The zero-order valence-electron chi connectivity index (χ0n) is 18.5. The Bertz CT molecular complexity index is 1070. The van der Waals surface area contributed by atoms with Crippen molar-refractivity contribution in [2.24, 2.45) is 0 Å².